The van der Waals surface area contributed by atoms with E-state index in [1.165, 1.54) is 33.7 Å². The van der Waals surface area contributed by atoms with E-state index in [2.05, 4.69) is 16.5 Å². The van der Waals surface area contributed by atoms with Crippen LogP contribution in [0.4, 0.5) is 19.0 Å². The summed E-state index contributed by atoms with van der Waals surface area (Å²) in [6, 6.07) is 10.2. The second kappa shape index (κ2) is 11.3. The molecule has 0 bridgehead atoms. The number of aromatic nitrogens is 3. The lowest BCUT2D eigenvalue weighted by atomic mass is 10.0. The van der Waals surface area contributed by atoms with E-state index in [4.69, 9.17) is 0 Å². The number of anilines is 1. The number of hydrogen-bond donors (Lipinski definition) is 0. The van der Waals surface area contributed by atoms with E-state index < -0.39 is 42.2 Å². The third-order valence-corrected chi connectivity index (χ3v) is 10.0. The number of amides is 1. The second-order valence-electron chi connectivity index (χ2n) is 12.2. The molecule has 4 aromatic rings. The van der Waals surface area contributed by atoms with Crippen molar-refractivity contribution < 1.29 is 22.5 Å². The Morgan fingerprint density at radius 3 is 2.38 bits per heavy atom. The molecule has 45 heavy (non-hydrogen) atoms. The Hall–Kier alpha value is -4.24. The first-order chi connectivity index (χ1) is 21.3. The highest BCUT2D eigenvalue weighted by Crippen LogP contribution is 2.46. The van der Waals surface area contributed by atoms with Crippen LogP contribution >= 0.6 is 7.14 Å². The Balaban J connectivity index is 1.62. The van der Waals surface area contributed by atoms with Gasteiger partial charge in [-0.25, -0.2) is 27.5 Å². The molecule has 234 valence electrons. The minimum atomic E-state index is -2.64. The SMILES string of the molecule is C=C(F)C(=O)N1CCN(c2nc(=O)n(-c3c(C)cc(P(C)(C)=O)cc3C3CC3)c3nc(-c4ccccc4F)c(F)cc23)[C@@H](C)C1. The average molecular weight is 636 g/mol. The van der Waals surface area contributed by atoms with Gasteiger partial charge in [0.1, 0.15) is 30.3 Å². The molecule has 1 aliphatic heterocycles. The van der Waals surface area contributed by atoms with E-state index in [1.807, 2.05) is 13.0 Å². The van der Waals surface area contributed by atoms with Gasteiger partial charge in [0.25, 0.3) is 5.91 Å². The molecule has 1 saturated heterocycles. The Morgan fingerprint density at radius 2 is 1.76 bits per heavy atom. The van der Waals surface area contributed by atoms with Gasteiger partial charge in [-0.2, -0.15) is 4.98 Å². The van der Waals surface area contributed by atoms with Gasteiger partial charge < -0.3 is 14.4 Å². The Bertz CT molecular complexity index is 2000. The summed E-state index contributed by atoms with van der Waals surface area (Å²) in [6.45, 7) is 10.5. The summed E-state index contributed by atoms with van der Waals surface area (Å²) in [5.74, 6) is -3.06. The number of hydrogen-bond acceptors (Lipinski definition) is 6. The number of aryl methyl sites for hydroxylation is 1. The van der Waals surface area contributed by atoms with Gasteiger partial charge in [-0.15, -0.1) is 0 Å². The van der Waals surface area contributed by atoms with E-state index in [-0.39, 0.29) is 53.7 Å². The van der Waals surface area contributed by atoms with Crippen LogP contribution in [0.3, 0.4) is 0 Å². The Labute approximate surface area is 258 Å². The molecule has 0 spiro atoms. The van der Waals surface area contributed by atoms with Gasteiger partial charge in [0.15, 0.2) is 11.5 Å². The standard InChI is InChI=1S/C33H33F3N5O3P/c1-18-14-22(45(4,5)44)15-24(21-10-11-21)29(18)41-31-25(16-27(36)28(37-31)23-8-6-7-9-26(23)35)30(38-33(41)43)40-13-12-39(17-19(40)2)32(42)20(3)34/h6-9,14-16,19,21H,3,10-13,17H2,1-2,4-5H3/t19-/m0/s1. The summed E-state index contributed by atoms with van der Waals surface area (Å²) < 4.78 is 58.9. The molecule has 2 fully saturated rings. The fraction of sp³-hybridized carbons (Fsp3) is 0.333. The molecule has 6 rings (SSSR count). The number of fused-ring (bicyclic) bond motifs is 1. The number of piperazine rings is 1. The Morgan fingerprint density at radius 1 is 1.04 bits per heavy atom. The van der Waals surface area contributed by atoms with Gasteiger partial charge in [0.05, 0.1) is 11.1 Å². The summed E-state index contributed by atoms with van der Waals surface area (Å²) in [5, 5.41) is 0.909. The molecule has 1 aliphatic carbocycles. The van der Waals surface area contributed by atoms with E-state index in [1.54, 1.807) is 37.3 Å². The third-order valence-electron chi connectivity index (χ3n) is 8.53. The van der Waals surface area contributed by atoms with Gasteiger partial charge in [-0.1, -0.05) is 18.7 Å². The number of pyridine rings is 1. The number of benzene rings is 2. The number of carbonyl (C=O) groups excluding carboxylic acids is 1. The molecule has 2 aromatic carbocycles. The van der Waals surface area contributed by atoms with E-state index in [0.29, 0.717) is 16.6 Å². The maximum Gasteiger partial charge on any atom is 0.355 e. The summed E-state index contributed by atoms with van der Waals surface area (Å²) >= 11 is 0. The highest BCUT2D eigenvalue weighted by molar-refractivity contribution is 7.70. The fourth-order valence-electron chi connectivity index (χ4n) is 6.11. The summed E-state index contributed by atoms with van der Waals surface area (Å²) in [6.07, 6.45) is 1.78. The number of carbonyl (C=O) groups is 1. The quantitative estimate of drug-likeness (QED) is 0.200. The van der Waals surface area contributed by atoms with Crippen LogP contribution in [0.2, 0.25) is 0 Å². The molecule has 0 radical (unpaired) electrons. The largest absolute Gasteiger partial charge is 0.355 e. The van der Waals surface area contributed by atoms with Crippen molar-refractivity contribution in [3.8, 4) is 16.9 Å². The highest BCUT2D eigenvalue weighted by Gasteiger charge is 2.34. The molecule has 1 atom stereocenters. The maximum absolute atomic E-state index is 15.9. The number of halogens is 3. The second-order valence-corrected chi connectivity index (χ2v) is 15.5. The van der Waals surface area contributed by atoms with Crippen LogP contribution in [0.25, 0.3) is 28.0 Å². The third kappa shape index (κ3) is 5.58. The van der Waals surface area contributed by atoms with Crippen LogP contribution in [0, 0.1) is 18.6 Å². The lowest BCUT2D eigenvalue weighted by Crippen LogP contribution is -2.54. The van der Waals surface area contributed by atoms with Crippen molar-refractivity contribution in [2.24, 2.45) is 0 Å². The molecule has 1 amide bonds. The summed E-state index contributed by atoms with van der Waals surface area (Å²) in [4.78, 5) is 38.6. The molecule has 2 aliphatic rings. The predicted molar refractivity (Wildman–Crippen MR) is 170 cm³/mol. The van der Waals surface area contributed by atoms with E-state index in [9.17, 15) is 22.9 Å². The molecule has 8 nitrogen and oxygen atoms in total. The normalized spacial score (nSPS) is 17.2. The van der Waals surface area contributed by atoms with Gasteiger partial charge in [0.2, 0.25) is 0 Å². The van der Waals surface area contributed by atoms with Gasteiger partial charge in [-0.05, 0) is 87.4 Å². The fourth-order valence-corrected chi connectivity index (χ4v) is 7.06. The molecular weight excluding hydrogens is 602 g/mol. The van der Waals surface area contributed by atoms with Gasteiger partial charge in [0, 0.05) is 36.5 Å². The van der Waals surface area contributed by atoms with Crippen molar-refractivity contribution in [1.29, 1.82) is 0 Å². The van der Waals surface area contributed by atoms with Crippen molar-refractivity contribution in [2.45, 2.75) is 38.6 Å². The van der Waals surface area contributed by atoms with Crippen molar-refractivity contribution >= 4 is 35.2 Å². The van der Waals surface area contributed by atoms with Crippen molar-refractivity contribution in [3.05, 3.63) is 88.1 Å². The first kappa shape index (κ1) is 30.8. The highest BCUT2D eigenvalue weighted by atomic mass is 31.2. The smallest absolute Gasteiger partial charge is 0.350 e. The first-order valence-corrected chi connectivity index (χ1v) is 17.4. The lowest BCUT2D eigenvalue weighted by Gasteiger charge is -2.40. The first-order valence-electron chi connectivity index (χ1n) is 14.7. The maximum atomic E-state index is 15.9. The van der Waals surface area contributed by atoms with E-state index in [0.717, 1.165) is 18.4 Å². The van der Waals surface area contributed by atoms with Gasteiger partial charge in [-0.3, -0.25) is 4.79 Å². The minimum absolute atomic E-state index is 0.0615. The topological polar surface area (TPSA) is 88.4 Å². The van der Waals surface area contributed by atoms with E-state index >= 15 is 4.39 Å². The molecule has 3 heterocycles. The van der Waals surface area contributed by atoms with Crippen molar-refractivity contribution in [3.63, 3.8) is 0 Å². The Kier molecular flexibility index (Phi) is 7.72. The zero-order valence-electron chi connectivity index (χ0n) is 25.5. The zero-order valence-corrected chi connectivity index (χ0v) is 26.4. The van der Waals surface area contributed by atoms with Crippen molar-refractivity contribution in [2.75, 3.05) is 37.9 Å². The monoisotopic (exact) mass is 635 g/mol. The number of nitrogens with zero attached hydrogens (tertiary/aromatic N) is 5. The van der Waals surface area contributed by atoms with Crippen LogP contribution in [-0.2, 0) is 9.36 Å². The molecule has 1 saturated carbocycles. The lowest BCUT2D eigenvalue weighted by molar-refractivity contribution is -0.129. The van der Waals surface area contributed by atoms with Crippen LogP contribution in [0.5, 0.6) is 0 Å². The number of rotatable bonds is 6. The van der Waals surface area contributed by atoms with Crippen LogP contribution in [0.1, 0.15) is 36.8 Å². The summed E-state index contributed by atoms with van der Waals surface area (Å²) in [7, 11) is -2.64. The molecule has 12 heteroatoms. The molecular formula is C33H33F3N5O3P. The molecule has 2 aromatic heterocycles. The minimum Gasteiger partial charge on any atom is -0.350 e. The zero-order chi connectivity index (χ0) is 32.4. The van der Waals surface area contributed by atoms with Crippen LogP contribution < -0.4 is 15.9 Å². The average Bonchev–Trinajstić information content (AvgIpc) is 3.82. The molecule has 0 unspecified atom stereocenters. The summed E-state index contributed by atoms with van der Waals surface area (Å²) in [5.41, 5.74) is 1.14. The van der Waals surface area contributed by atoms with Crippen LogP contribution in [-0.4, -0.2) is 64.3 Å². The van der Waals surface area contributed by atoms with Crippen LogP contribution in [0.15, 0.2) is 59.7 Å². The molecule has 0 N–H and O–H groups in total. The van der Waals surface area contributed by atoms with Gasteiger partial charge >= 0.3 is 5.69 Å². The predicted octanol–water partition coefficient (Wildman–Crippen LogP) is 5.68. The van der Waals surface area contributed by atoms with Crippen molar-refractivity contribution in [1.82, 2.24) is 19.4 Å².